The van der Waals surface area contributed by atoms with Gasteiger partial charge >= 0.3 is 0 Å². The molecule has 1 heterocycles. The van der Waals surface area contributed by atoms with E-state index in [4.69, 9.17) is 15.2 Å². The minimum Gasteiger partial charge on any atom is -0.483 e. The quantitative estimate of drug-likeness (QED) is 0.679. The Morgan fingerprint density at radius 2 is 2.04 bits per heavy atom. The summed E-state index contributed by atoms with van der Waals surface area (Å²) in [7, 11) is -1.61. The number of carbonyl (C=O) groups is 2. The van der Waals surface area contributed by atoms with Crippen molar-refractivity contribution >= 4 is 21.7 Å². The number of carbonyl (C=O) groups excluding carboxylic acids is 2. The molecule has 1 aliphatic rings. The molecule has 1 saturated heterocycles. The fourth-order valence-corrected chi connectivity index (χ4v) is 4.47. The Morgan fingerprint density at radius 1 is 1.32 bits per heavy atom. The van der Waals surface area contributed by atoms with Crippen LogP contribution in [0.4, 0.5) is 0 Å². The third kappa shape index (κ3) is 5.17. The summed E-state index contributed by atoms with van der Waals surface area (Å²) < 4.78 is 33.8. The Hall–Kier alpha value is -2.13. The van der Waals surface area contributed by atoms with Crippen molar-refractivity contribution in [2.45, 2.75) is 12.5 Å². The third-order valence-electron chi connectivity index (χ3n) is 4.01. The van der Waals surface area contributed by atoms with Gasteiger partial charge in [0.25, 0.3) is 11.8 Å². The summed E-state index contributed by atoms with van der Waals surface area (Å²) >= 11 is 0. The van der Waals surface area contributed by atoms with Crippen molar-refractivity contribution in [3.63, 3.8) is 0 Å². The Kier molecular flexibility index (Phi) is 6.38. The van der Waals surface area contributed by atoms with Crippen molar-refractivity contribution in [1.29, 1.82) is 0 Å². The molecule has 1 fully saturated rings. The lowest BCUT2D eigenvalue weighted by Gasteiger charge is -2.28. The fraction of sp³-hybridized carbons (Fsp3) is 0.500. The van der Waals surface area contributed by atoms with Crippen LogP contribution in [0.3, 0.4) is 0 Å². The molecule has 1 aliphatic heterocycles. The van der Waals surface area contributed by atoms with E-state index in [2.05, 4.69) is 0 Å². The largest absolute Gasteiger partial charge is 0.483 e. The van der Waals surface area contributed by atoms with Crippen LogP contribution in [0.2, 0.25) is 0 Å². The molecule has 1 aromatic rings. The van der Waals surface area contributed by atoms with Gasteiger partial charge in [-0.3, -0.25) is 9.59 Å². The molecule has 2 rings (SSSR count). The van der Waals surface area contributed by atoms with E-state index >= 15 is 0 Å². The molecule has 0 saturated carbocycles. The van der Waals surface area contributed by atoms with Gasteiger partial charge in [0.05, 0.1) is 23.7 Å². The van der Waals surface area contributed by atoms with Crippen LogP contribution in [0, 0.1) is 0 Å². The molecule has 2 N–H and O–H groups in total. The number of amides is 2. The lowest BCUT2D eigenvalue weighted by molar-refractivity contribution is -0.136. The summed E-state index contributed by atoms with van der Waals surface area (Å²) in [6.45, 7) is 0.251. The Bertz CT molecular complexity index is 734. The third-order valence-corrected chi connectivity index (χ3v) is 5.76. The van der Waals surface area contributed by atoms with Gasteiger partial charge < -0.3 is 20.1 Å². The molecule has 0 aromatic heterocycles. The Labute approximate surface area is 146 Å². The van der Waals surface area contributed by atoms with E-state index in [-0.39, 0.29) is 47.9 Å². The first-order valence-electron chi connectivity index (χ1n) is 7.84. The van der Waals surface area contributed by atoms with Gasteiger partial charge in [-0.1, -0.05) is 12.1 Å². The number of ether oxygens (including phenoxy) is 2. The highest BCUT2D eigenvalue weighted by Gasteiger charge is 2.34. The van der Waals surface area contributed by atoms with E-state index in [1.165, 1.54) is 18.1 Å². The first kappa shape index (κ1) is 19.2. The fourth-order valence-electron chi connectivity index (χ4n) is 2.74. The molecule has 1 atom stereocenters. The molecule has 2 amide bonds. The van der Waals surface area contributed by atoms with Gasteiger partial charge in [-0.05, 0) is 18.6 Å². The molecule has 0 radical (unpaired) electrons. The van der Waals surface area contributed by atoms with Crippen LogP contribution in [-0.2, 0) is 19.4 Å². The lowest BCUT2D eigenvalue weighted by Crippen LogP contribution is -2.45. The molecule has 138 valence electrons. The number of hydrogen-bond donors (Lipinski definition) is 1. The minimum absolute atomic E-state index is 0.0552. The van der Waals surface area contributed by atoms with Gasteiger partial charge in [-0.15, -0.1) is 0 Å². The summed E-state index contributed by atoms with van der Waals surface area (Å²) in [5, 5.41) is 0. The molecule has 0 unspecified atom stereocenters. The number of benzene rings is 1. The Morgan fingerprint density at radius 3 is 2.64 bits per heavy atom. The predicted octanol–water partition coefficient (Wildman–Crippen LogP) is -0.174. The van der Waals surface area contributed by atoms with Crippen molar-refractivity contribution < 1.29 is 27.5 Å². The zero-order chi connectivity index (χ0) is 18.4. The number of methoxy groups -OCH3 is 1. The van der Waals surface area contributed by atoms with Crippen molar-refractivity contribution in [3.8, 4) is 5.75 Å². The van der Waals surface area contributed by atoms with Crippen LogP contribution in [0.25, 0.3) is 0 Å². The lowest BCUT2D eigenvalue weighted by atomic mass is 10.2. The summed E-state index contributed by atoms with van der Waals surface area (Å²) in [5.74, 6) is -0.784. The van der Waals surface area contributed by atoms with Crippen LogP contribution >= 0.6 is 0 Å². The Balaban J connectivity index is 2.06. The van der Waals surface area contributed by atoms with Crippen molar-refractivity contribution in [2.75, 3.05) is 38.4 Å². The van der Waals surface area contributed by atoms with Crippen molar-refractivity contribution in [1.82, 2.24) is 4.90 Å². The first-order chi connectivity index (χ1) is 11.8. The maximum absolute atomic E-state index is 12.5. The van der Waals surface area contributed by atoms with Crippen molar-refractivity contribution in [3.05, 3.63) is 29.8 Å². The van der Waals surface area contributed by atoms with E-state index < -0.39 is 15.7 Å². The van der Waals surface area contributed by atoms with E-state index in [9.17, 15) is 18.0 Å². The monoisotopic (exact) mass is 370 g/mol. The molecule has 0 bridgehead atoms. The number of rotatable bonds is 8. The van der Waals surface area contributed by atoms with Crippen LogP contribution < -0.4 is 10.5 Å². The second-order valence-corrected chi connectivity index (χ2v) is 8.01. The van der Waals surface area contributed by atoms with Gasteiger partial charge in [0, 0.05) is 19.7 Å². The maximum Gasteiger partial charge on any atom is 0.260 e. The highest BCUT2D eigenvalue weighted by Crippen LogP contribution is 2.20. The van der Waals surface area contributed by atoms with E-state index in [0.717, 1.165) is 0 Å². The van der Waals surface area contributed by atoms with Crippen LogP contribution in [-0.4, -0.2) is 69.5 Å². The SMILES string of the molecule is COCCN(C(=O)COc1ccccc1C(N)=O)[C@H]1CCS(=O)(=O)C1. The second kappa shape index (κ2) is 8.30. The maximum atomic E-state index is 12.5. The minimum atomic E-state index is -3.12. The standard InChI is InChI=1S/C16H22N2O6S/c1-23-8-7-18(12-6-9-25(21,22)11-12)15(19)10-24-14-5-3-2-4-13(14)16(17)20/h2-5,12H,6-11H2,1H3,(H2,17,20)/t12-/m0/s1. The zero-order valence-corrected chi connectivity index (χ0v) is 14.8. The highest BCUT2D eigenvalue weighted by molar-refractivity contribution is 7.91. The second-order valence-electron chi connectivity index (χ2n) is 5.79. The summed E-state index contributed by atoms with van der Waals surface area (Å²) in [6, 6.07) is 5.98. The van der Waals surface area contributed by atoms with E-state index in [1.54, 1.807) is 18.2 Å². The normalized spacial score (nSPS) is 18.7. The molecule has 0 aliphatic carbocycles. The topological polar surface area (TPSA) is 116 Å². The molecule has 25 heavy (non-hydrogen) atoms. The summed E-state index contributed by atoms with van der Waals surface area (Å²) in [6.07, 6.45) is 0.398. The van der Waals surface area contributed by atoms with E-state index in [0.29, 0.717) is 13.0 Å². The van der Waals surface area contributed by atoms with Crippen LogP contribution in [0.5, 0.6) is 5.75 Å². The van der Waals surface area contributed by atoms with Crippen LogP contribution in [0.1, 0.15) is 16.8 Å². The molecule has 8 nitrogen and oxygen atoms in total. The summed E-state index contributed by atoms with van der Waals surface area (Å²) in [4.78, 5) is 25.4. The number of nitrogens with two attached hydrogens (primary N) is 1. The number of nitrogens with zero attached hydrogens (tertiary/aromatic N) is 1. The van der Waals surface area contributed by atoms with E-state index in [1.807, 2.05) is 0 Å². The van der Waals surface area contributed by atoms with Gasteiger partial charge in [0.1, 0.15) is 5.75 Å². The molecule has 0 spiro atoms. The predicted molar refractivity (Wildman–Crippen MR) is 91.1 cm³/mol. The van der Waals surface area contributed by atoms with Gasteiger partial charge in [0.15, 0.2) is 16.4 Å². The zero-order valence-electron chi connectivity index (χ0n) is 14.0. The number of sulfone groups is 1. The molecule has 9 heteroatoms. The average molecular weight is 370 g/mol. The van der Waals surface area contributed by atoms with Gasteiger partial charge in [-0.25, -0.2) is 8.42 Å². The number of para-hydroxylation sites is 1. The van der Waals surface area contributed by atoms with Gasteiger partial charge in [0.2, 0.25) is 0 Å². The average Bonchev–Trinajstić information content (AvgIpc) is 2.93. The first-order valence-corrected chi connectivity index (χ1v) is 9.66. The van der Waals surface area contributed by atoms with Gasteiger partial charge in [-0.2, -0.15) is 0 Å². The molecular formula is C16H22N2O6S. The summed E-state index contributed by atoms with van der Waals surface area (Å²) in [5.41, 5.74) is 5.46. The van der Waals surface area contributed by atoms with Crippen LogP contribution in [0.15, 0.2) is 24.3 Å². The molecular weight excluding hydrogens is 348 g/mol. The highest BCUT2D eigenvalue weighted by atomic mass is 32.2. The number of hydrogen-bond acceptors (Lipinski definition) is 6. The van der Waals surface area contributed by atoms with Crippen molar-refractivity contribution in [2.24, 2.45) is 5.73 Å². The number of primary amides is 1. The molecule has 1 aromatic carbocycles. The smallest absolute Gasteiger partial charge is 0.260 e.